The number of alkyl halides is 3. The molecule has 0 spiro atoms. The summed E-state index contributed by atoms with van der Waals surface area (Å²) >= 11 is 0. The topological polar surface area (TPSA) is 95.9 Å². The highest BCUT2D eigenvalue weighted by Gasteiger charge is 2.56. The van der Waals surface area contributed by atoms with Crippen LogP contribution in [0.3, 0.4) is 0 Å². The fraction of sp³-hybridized carbons (Fsp3) is 0.419. The predicted molar refractivity (Wildman–Crippen MR) is 141 cm³/mol. The number of phenolic OH excluding ortho intramolecular Hbond substituents is 1. The lowest BCUT2D eigenvalue weighted by molar-refractivity contribution is -0.150. The third kappa shape index (κ3) is 4.86. The summed E-state index contributed by atoms with van der Waals surface area (Å²) in [6.07, 6.45) is 1.34. The molecule has 4 saturated carbocycles. The van der Waals surface area contributed by atoms with E-state index in [4.69, 9.17) is 4.74 Å². The molecule has 3 N–H and O–H groups in total. The van der Waals surface area contributed by atoms with Crippen molar-refractivity contribution >= 4 is 22.6 Å². The third-order valence-electron chi connectivity index (χ3n) is 9.08. The number of carbonyl (C=O) groups excluding carboxylic acids is 1. The van der Waals surface area contributed by atoms with Gasteiger partial charge in [0.1, 0.15) is 24.1 Å². The van der Waals surface area contributed by atoms with E-state index in [0.29, 0.717) is 34.1 Å². The van der Waals surface area contributed by atoms with E-state index in [2.05, 4.69) is 5.32 Å². The molecule has 9 heteroatoms. The number of carboxylic acid groups (broad SMARTS) is 1. The number of hydrogen-bond acceptors (Lipinski definition) is 4. The van der Waals surface area contributed by atoms with Gasteiger partial charge < -0.3 is 20.3 Å². The number of rotatable bonds is 7. The minimum atomic E-state index is -4.46. The highest BCUT2D eigenvalue weighted by molar-refractivity contribution is 6.05. The Labute approximate surface area is 229 Å². The summed E-state index contributed by atoms with van der Waals surface area (Å²) in [4.78, 5) is 26.3. The van der Waals surface area contributed by atoms with Crippen LogP contribution in [0.25, 0.3) is 10.8 Å². The van der Waals surface area contributed by atoms with E-state index in [9.17, 15) is 33.0 Å². The highest BCUT2D eigenvalue weighted by Crippen LogP contribution is 2.61. The van der Waals surface area contributed by atoms with E-state index in [1.807, 2.05) is 0 Å². The van der Waals surface area contributed by atoms with Crippen molar-refractivity contribution in [3.63, 3.8) is 0 Å². The van der Waals surface area contributed by atoms with Crippen molar-refractivity contribution in [2.24, 2.45) is 23.2 Å². The molecule has 4 bridgehead atoms. The van der Waals surface area contributed by atoms with Crippen molar-refractivity contribution in [1.82, 2.24) is 5.32 Å². The van der Waals surface area contributed by atoms with Crippen molar-refractivity contribution in [2.75, 3.05) is 0 Å². The molecule has 1 atom stereocenters. The molecule has 1 amide bonds. The summed E-state index contributed by atoms with van der Waals surface area (Å²) in [5.41, 5.74) is -0.658. The first-order valence-corrected chi connectivity index (χ1v) is 13.6. The standard InChI is InChI=1S/C31H30F3NO5/c32-31(33,34)22-4-1-17(2-5-22)16-40-26-24-8-6-23(36)12-21(24)3-7-25(26)28(37)35-27(29(38)39)30-13-18-9-19(14-30)11-20(10-18)15-30/h1-8,12,18-20,27,36H,9-11,13-16H2,(H,35,37)(H,38,39)/t18?,19?,20?,27-,30?/m1/s1. The molecule has 0 aliphatic heterocycles. The zero-order valence-electron chi connectivity index (χ0n) is 21.7. The van der Waals surface area contributed by atoms with Gasteiger partial charge in [-0.2, -0.15) is 13.2 Å². The van der Waals surface area contributed by atoms with E-state index in [1.54, 1.807) is 12.1 Å². The van der Waals surface area contributed by atoms with Crippen molar-refractivity contribution in [3.05, 3.63) is 71.3 Å². The molecular formula is C31H30F3NO5. The van der Waals surface area contributed by atoms with Crippen LogP contribution in [-0.2, 0) is 17.6 Å². The van der Waals surface area contributed by atoms with Gasteiger partial charge >= 0.3 is 12.1 Å². The summed E-state index contributed by atoms with van der Waals surface area (Å²) in [6, 6.07) is 11.3. The van der Waals surface area contributed by atoms with E-state index >= 15 is 0 Å². The number of amides is 1. The van der Waals surface area contributed by atoms with Gasteiger partial charge in [-0.1, -0.05) is 18.2 Å². The maximum Gasteiger partial charge on any atom is 0.416 e. The lowest BCUT2D eigenvalue weighted by Gasteiger charge is -2.58. The van der Waals surface area contributed by atoms with Crippen LogP contribution in [0.5, 0.6) is 11.5 Å². The number of benzene rings is 3. The van der Waals surface area contributed by atoms with E-state index in [0.717, 1.165) is 50.7 Å². The van der Waals surface area contributed by atoms with Gasteiger partial charge in [-0.25, -0.2) is 4.79 Å². The second kappa shape index (κ2) is 9.71. The molecule has 4 fully saturated rings. The third-order valence-corrected chi connectivity index (χ3v) is 9.08. The number of phenols is 1. The van der Waals surface area contributed by atoms with Crippen LogP contribution in [0.1, 0.15) is 60.0 Å². The number of aromatic hydroxyl groups is 1. The second-order valence-corrected chi connectivity index (χ2v) is 11.9. The fourth-order valence-electron chi connectivity index (χ4n) is 7.79. The summed E-state index contributed by atoms with van der Waals surface area (Å²) in [6.45, 7) is -0.115. The van der Waals surface area contributed by atoms with Crippen LogP contribution < -0.4 is 10.1 Å². The van der Waals surface area contributed by atoms with Crippen LogP contribution in [-0.4, -0.2) is 28.1 Å². The molecule has 4 aliphatic rings. The van der Waals surface area contributed by atoms with Gasteiger partial charge in [0.05, 0.1) is 11.1 Å². The van der Waals surface area contributed by atoms with E-state index < -0.39 is 35.1 Å². The first-order chi connectivity index (χ1) is 19.0. The SMILES string of the molecule is O=C(N[C@H](C(=O)O)C12CC3CC(CC(C3)C1)C2)c1ccc2cc(O)ccc2c1OCc1ccc(C(F)(F)F)cc1. The molecule has 3 aromatic carbocycles. The van der Waals surface area contributed by atoms with Gasteiger partial charge in [0, 0.05) is 10.8 Å². The van der Waals surface area contributed by atoms with Crippen LogP contribution >= 0.6 is 0 Å². The lowest BCUT2D eigenvalue weighted by atomic mass is 9.47. The van der Waals surface area contributed by atoms with Crippen molar-refractivity contribution in [3.8, 4) is 11.5 Å². The first-order valence-electron chi connectivity index (χ1n) is 13.6. The minimum Gasteiger partial charge on any atom is -0.508 e. The lowest BCUT2D eigenvalue weighted by Crippen LogP contribution is -2.59. The average molecular weight is 554 g/mol. The summed E-state index contributed by atoms with van der Waals surface area (Å²) in [7, 11) is 0. The Morgan fingerprint density at radius 1 is 0.950 bits per heavy atom. The Bertz CT molecular complexity index is 1430. The zero-order valence-corrected chi connectivity index (χ0v) is 21.7. The Morgan fingerprint density at radius 2 is 1.57 bits per heavy atom. The van der Waals surface area contributed by atoms with Gasteiger partial charge in [-0.05, 0) is 104 Å². The molecule has 0 aromatic heterocycles. The Morgan fingerprint density at radius 3 is 2.15 bits per heavy atom. The van der Waals surface area contributed by atoms with Crippen molar-refractivity contribution < 1.29 is 37.7 Å². The number of hydrogen-bond donors (Lipinski definition) is 3. The molecule has 0 radical (unpaired) electrons. The van der Waals surface area contributed by atoms with E-state index in [1.165, 1.54) is 30.3 Å². The number of fused-ring (bicyclic) bond motifs is 1. The predicted octanol–water partition coefficient (Wildman–Crippen LogP) is 6.54. The van der Waals surface area contributed by atoms with Crippen LogP contribution in [0.4, 0.5) is 13.2 Å². The molecule has 0 saturated heterocycles. The quantitative estimate of drug-likeness (QED) is 0.309. The van der Waals surface area contributed by atoms with Gasteiger partial charge in [0.25, 0.3) is 5.91 Å². The average Bonchev–Trinajstić information content (AvgIpc) is 2.88. The molecule has 40 heavy (non-hydrogen) atoms. The molecule has 7 rings (SSSR count). The van der Waals surface area contributed by atoms with E-state index in [-0.39, 0.29) is 23.7 Å². The van der Waals surface area contributed by atoms with Crippen LogP contribution in [0.2, 0.25) is 0 Å². The normalized spacial score (nSPS) is 26.0. The molecule has 0 heterocycles. The Kier molecular flexibility index (Phi) is 6.43. The largest absolute Gasteiger partial charge is 0.508 e. The first kappa shape index (κ1) is 26.5. The number of ether oxygens (including phenoxy) is 1. The van der Waals surface area contributed by atoms with Crippen LogP contribution in [0.15, 0.2) is 54.6 Å². The van der Waals surface area contributed by atoms with Gasteiger partial charge in [0.2, 0.25) is 0 Å². The summed E-state index contributed by atoms with van der Waals surface area (Å²) in [5.74, 6) is 0.0624. The van der Waals surface area contributed by atoms with Gasteiger partial charge in [-0.15, -0.1) is 0 Å². The number of aliphatic carboxylic acids is 1. The maximum atomic E-state index is 13.7. The molecular weight excluding hydrogens is 523 g/mol. The minimum absolute atomic E-state index is 0.0196. The molecule has 0 unspecified atom stereocenters. The second-order valence-electron chi connectivity index (χ2n) is 11.9. The maximum absolute atomic E-state index is 13.7. The Balaban J connectivity index is 1.30. The number of halogens is 3. The van der Waals surface area contributed by atoms with Crippen LogP contribution in [0, 0.1) is 23.2 Å². The highest BCUT2D eigenvalue weighted by atomic mass is 19.4. The monoisotopic (exact) mass is 553 g/mol. The summed E-state index contributed by atoms with van der Waals surface area (Å²) < 4.78 is 45.0. The smallest absolute Gasteiger partial charge is 0.416 e. The number of carbonyl (C=O) groups is 2. The fourth-order valence-corrected chi connectivity index (χ4v) is 7.79. The Hall–Kier alpha value is -3.75. The number of carboxylic acids is 1. The van der Waals surface area contributed by atoms with Crippen molar-refractivity contribution in [2.45, 2.75) is 57.3 Å². The zero-order chi connectivity index (χ0) is 28.2. The molecule has 3 aromatic rings. The van der Waals surface area contributed by atoms with Gasteiger partial charge in [-0.3, -0.25) is 4.79 Å². The molecule has 6 nitrogen and oxygen atoms in total. The molecule has 210 valence electrons. The summed E-state index contributed by atoms with van der Waals surface area (Å²) in [5, 5.41) is 24.2. The van der Waals surface area contributed by atoms with Crippen molar-refractivity contribution in [1.29, 1.82) is 0 Å². The number of nitrogens with one attached hydrogen (secondary N) is 1. The van der Waals surface area contributed by atoms with Gasteiger partial charge in [0.15, 0.2) is 0 Å². The molecule has 4 aliphatic carbocycles.